The second kappa shape index (κ2) is 5.65. The van der Waals surface area contributed by atoms with Gasteiger partial charge in [0, 0.05) is 23.0 Å². The molecule has 1 aliphatic rings. The summed E-state index contributed by atoms with van der Waals surface area (Å²) in [6.45, 7) is 0. The molecular formula is C19H13ClN2O2. The minimum absolute atomic E-state index is 0.0146. The summed E-state index contributed by atoms with van der Waals surface area (Å²) in [5.41, 5.74) is 4.92. The number of nitrogens with zero attached hydrogens (tertiary/aromatic N) is 1. The van der Waals surface area contributed by atoms with Gasteiger partial charge in [-0.1, -0.05) is 35.9 Å². The predicted molar refractivity (Wildman–Crippen MR) is 94.1 cm³/mol. The van der Waals surface area contributed by atoms with Gasteiger partial charge in [-0.2, -0.15) is 0 Å². The molecule has 0 fully saturated rings. The summed E-state index contributed by atoms with van der Waals surface area (Å²) in [5.74, 6) is 0.129. The van der Waals surface area contributed by atoms with Crippen LogP contribution >= 0.6 is 11.6 Å². The van der Waals surface area contributed by atoms with Gasteiger partial charge in [0.15, 0.2) is 0 Å². The zero-order valence-corrected chi connectivity index (χ0v) is 13.3. The van der Waals surface area contributed by atoms with Gasteiger partial charge in [-0.15, -0.1) is 0 Å². The number of carbonyl (C=O) groups is 1. The number of aromatic hydroxyl groups is 1. The Kier molecular flexibility index (Phi) is 3.47. The Morgan fingerprint density at radius 1 is 1.08 bits per heavy atom. The van der Waals surface area contributed by atoms with Crippen LogP contribution in [0.4, 0.5) is 5.69 Å². The number of fused-ring (bicyclic) bond motifs is 1. The Morgan fingerprint density at radius 3 is 2.58 bits per heavy atom. The van der Waals surface area contributed by atoms with Crippen LogP contribution in [0.5, 0.6) is 5.75 Å². The van der Waals surface area contributed by atoms with Gasteiger partial charge in [-0.3, -0.25) is 9.78 Å². The first-order chi connectivity index (χ1) is 11.6. The van der Waals surface area contributed by atoms with E-state index in [1.165, 1.54) is 0 Å². The summed E-state index contributed by atoms with van der Waals surface area (Å²) in [7, 11) is 0. The number of hydrogen-bond acceptors (Lipinski definition) is 3. The van der Waals surface area contributed by atoms with Crippen LogP contribution in [0.15, 0.2) is 54.7 Å². The van der Waals surface area contributed by atoms with Crippen molar-refractivity contribution in [2.45, 2.75) is 6.42 Å². The molecule has 3 aromatic rings. The maximum atomic E-state index is 11.5. The number of halogens is 1. The minimum Gasteiger partial charge on any atom is -0.506 e. The van der Waals surface area contributed by atoms with Gasteiger partial charge in [-0.25, -0.2) is 0 Å². The standard InChI is InChI=1S/C19H13ClN2O2/c20-15-10-16-13(9-18(24)22-16)8-14(15)11-3-5-12(6-4-11)19-17(23)2-1-7-21-19/h1-8,10,23H,9H2,(H,22,24). The first-order valence-electron chi connectivity index (χ1n) is 7.49. The molecule has 118 valence electrons. The summed E-state index contributed by atoms with van der Waals surface area (Å²) < 4.78 is 0. The van der Waals surface area contributed by atoms with E-state index in [0.717, 1.165) is 27.9 Å². The first kappa shape index (κ1) is 14.7. The number of nitrogens with one attached hydrogen (secondary N) is 1. The van der Waals surface area contributed by atoms with Crippen molar-refractivity contribution in [3.05, 3.63) is 65.3 Å². The van der Waals surface area contributed by atoms with Crippen LogP contribution in [0.25, 0.3) is 22.4 Å². The number of anilines is 1. The van der Waals surface area contributed by atoms with Crippen molar-refractivity contribution < 1.29 is 9.90 Å². The van der Waals surface area contributed by atoms with Gasteiger partial charge < -0.3 is 10.4 Å². The zero-order chi connectivity index (χ0) is 16.7. The number of rotatable bonds is 2. The van der Waals surface area contributed by atoms with E-state index in [0.29, 0.717) is 17.1 Å². The Labute approximate surface area is 143 Å². The lowest BCUT2D eigenvalue weighted by Gasteiger charge is -2.09. The molecule has 0 bridgehead atoms. The van der Waals surface area contributed by atoms with Crippen LogP contribution in [-0.2, 0) is 11.2 Å². The molecule has 0 unspecified atom stereocenters. The molecule has 1 amide bonds. The number of benzene rings is 2. The molecule has 0 saturated carbocycles. The maximum Gasteiger partial charge on any atom is 0.228 e. The van der Waals surface area contributed by atoms with Crippen molar-refractivity contribution in [2.75, 3.05) is 5.32 Å². The second-order valence-electron chi connectivity index (χ2n) is 5.66. The monoisotopic (exact) mass is 336 g/mol. The van der Waals surface area contributed by atoms with E-state index in [-0.39, 0.29) is 11.7 Å². The maximum absolute atomic E-state index is 11.5. The molecule has 24 heavy (non-hydrogen) atoms. The molecule has 5 heteroatoms. The normalized spacial score (nSPS) is 12.8. The second-order valence-corrected chi connectivity index (χ2v) is 6.07. The molecule has 0 atom stereocenters. The molecule has 4 rings (SSSR count). The van der Waals surface area contributed by atoms with Crippen LogP contribution in [0.2, 0.25) is 5.02 Å². The van der Waals surface area contributed by atoms with E-state index in [2.05, 4.69) is 10.3 Å². The highest BCUT2D eigenvalue weighted by molar-refractivity contribution is 6.34. The van der Waals surface area contributed by atoms with Crippen molar-refractivity contribution in [1.29, 1.82) is 0 Å². The van der Waals surface area contributed by atoms with Crippen LogP contribution in [0.3, 0.4) is 0 Å². The smallest absolute Gasteiger partial charge is 0.228 e. The molecule has 0 saturated heterocycles. The Bertz CT molecular complexity index is 952. The van der Waals surface area contributed by atoms with E-state index >= 15 is 0 Å². The lowest BCUT2D eigenvalue weighted by atomic mass is 9.99. The third-order valence-electron chi connectivity index (χ3n) is 4.07. The average molecular weight is 337 g/mol. The Balaban J connectivity index is 1.73. The fourth-order valence-corrected chi connectivity index (χ4v) is 3.17. The van der Waals surface area contributed by atoms with Gasteiger partial charge in [-0.05, 0) is 35.4 Å². The van der Waals surface area contributed by atoms with Gasteiger partial charge in [0.1, 0.15) is 11.4 Å². The molecule has 0 radical (unpaired) electrons. The van der Waals surface area contributed by atoms with E-state index in [1.807, 2.05) is 30.3 Å². The van der Waals surface area contributed by atoms with Gasteiger partial charge in [0.2, 0.25) is 5.91 Å². The molecule has 0 aliphatic carbocycles. The third kappa shape index (κ3) is 2.51. The molecule has 1 aliphatic heterocycles. The number of carbonyl (C=O) groups excluding carboxylic acids is 1. The largest absolute Gasteiger partial charge is 0.506 e. The van der Waals surface area contributed by atoms with Crippen LogP contribution in [0, 0.1) is 0 Å². The first-order valence-corrected chi connectivity index (χ1v) is 7.86. The molecule has 2 aromatic carbocycles. The van der Waals surface area contributed by atoms with Crippen LogP contribution in [0.1, 0.15) is 5.56 Å². The highest BCUT2D eigenvalue weighted by Crippen LogP contribution is 2.36. The highest BCUT2D eigenvalue weighted by atomic mass is 35.5. The number of hydrogen-bond donors (Lipinski definition) is 2. The highest BCUT2D eigenvalue weighted by Gasteiger charge is 2.20. The fraction of sp³-hybridized carbons (Fsp3) is 0.0526. The SMILES string of the molecule is O=C1Cc2cc(-c3ccc(-c4ncccc4O)cc3)c(Cl)cc2N1. The van der Waals surface area contributed by atoms with Gasteiger partial charge in [0.05, 0.1) is 11.4 Å². The lowest BCUT2D eigenvalue weighted by molar-refractivity contribution is -0.115. The average Bonchev–Trinajstić information content (AvgIpc) is 2.94. The fourth-order valence-electron chi connectivity index (χ4n) is 2.90. The number of amides is 1. The molecule has 4 nitrogen and oxygen atoms in total. The van der Waals surface area contributed by atoms with E-state index in [4.69, 9.17) is 11.6 Å². The zero-order valence-electron chi connectivity index (χ0n) is 12.6. The Hall–Kier alpha value is -2.85. The van der Waals surface area contributed by atoms with Crippen molar-refractivity contribution in [1.82, 2.24) is 4.98 Å². The summed E-state index contributed by atoms with van der Waals surface area (Å²) >= 11 is 6.37. The Morgan fingerprint density at radius 2 is 1.83 bits per heavy atom. The van der Waals surface area contributed by atoms with Gasteiger partial charge in [0.25, 0.3) is 0 Å². The number of aromatic nitrogens is 1. The minimum atomic E-state index is -0.0146. The van der Waals surface area contributed by atoms with Crippen LogP contribution in [-0.4, -0.2) is 16.0 Å². The van der Waals surface area contributed by atoms with E-state index in [9.17, 15) is 9.90 Å². The molecular weight excluding hydrogens is 324 g/mol. The van der Waals surface area contributed by atoms with E-state index in [1.54, 1.807) is 24.4 Å². The van der Waals surface area contributed by atoms with E-state index < -0.39 is 0 Å². The third-order valence-corrected chi connectivity index (χ3v) is 4.39. The van der Waals surface area contributed by atoms with Crippen molar-refractivity contribution in [3.63, 3.8) is 0 Å². The van der Waals surface area contributed by atoms with Crippen molar-refractivity contribution in [3.8, 4) is 28.1 Å². The molecule has 1 aromatic heterocycles. The van der Waals surface area contributed by atoms with Crippen molar-refractivity contribution in [2.24, 2.45) is 0 Å². The summed E-state index contributed by atoms with van der Waals surface area (Å²) in [5, 5.41) is 13.3. The molecule has 0 spiro atoms. The predicted octanol–water partition coefficient (Wildman–Crippen LogP) is 4.27. The summed E-state index contributed by atoms with van der Waals surface area (Å²) in [4.78, 5) is 15.7. The number of pyridine rings is 1. The van der Waals surface area contributed by atoms with Crippen LogP contribution < -0.4 is 5.32 Å². The lowest BCUT2D eigenvalue weighted by Crippen LogP contribution is -2.03. The summed E-state index contributed by atoms with van der Waals surface area (Å²) in [6, 6.07) is 14.7. The van der Waals surface area contributed by atoms with Gasteiger partial charge >= 0.3 is 0 Å². The molecule has 2 heterocycles. The summed E-state index contributed by atoms with van der Waals surface area (Å²) in [6.07, 6.45) is 2.02. The van der Waals surface area contributed by atoms with Crippen molar-refractivity contribution >= 4 is 23.2 Å². The molecule has 2 N–H and O–H groups in total. The quantitative estimate of drug-likeness (QED) is 0.734. The topological polar surface area (TPSA) is 62.2 Å².